The number of aromatic nitrogens is 1. The molecular weight excluding hydrogens is 176 g/mol. The normalized spacial score (nSPS) is 13.3. The van der Waals surface area contributed by atoms with Gasteiger partial charge in [0.15, 0.2) is 0 Å². The quantitative estimate of drug-likeness (QED) is 0.775. The molecule has 2 rings (SSSR count). The van der Waals surface area contributed by atoms with E-state index >= 15 is 0 Å². The fraction of sp³-hybridized carbons (Fsp3) is 0.273. The van der Waals surface area contributed by atoms with Crippen LogP contribution in [0.25, 0.3) is 10.9 Å². The van der Waals surface area contributed by atoms with Crippen LogP contribution in [-0.2, 0) is 4.74 Å². The minimum absolute atomic E-state index is 0.0591. The molecule has 3 nitrogen and oxygen atoms in total. The molecule has 0 aliphatic rings. The van der Waals surface area contributed by atoms with Crippen molar-refractivity contribution in [3.05, 3.63) is 36.0 Å². The van der Waals surface area contributed by atoms with Gasteiger partial charge in [0.05, 0.1) is 12.6 Å². The molecule has 1 aromatic heterocycles. The van der Waals surface area contributed by atoms with E-state index in [-0.39, 0.29) is 6.04 Å². The highest BCUT2D eigenvalue weighted by Crippen LogP contribution is 2.22. The topological polar surface area (TPSA) is 51.0 Å². The Labute approximate surface area is 82.9 Å². The predicted octanol–water partition coefficient (Wildman–Crippen LogP) is 1.81. The number of rotatable bonds is 3. The van der Waals surface area contributed by atoms with E-state index < -0.39 is 0 Å². The Hall–Kier alpha value is -1.32. The lowest BCUT2D eigenvalue weighted by atomic mass is 10.1. The van der Waals surface area contributed by atoms with Crippen molar-refractivity contribution in [1.29, 1.82) is 0 Å². The van der Waals surface area contributed by atoms with Gasteiger partial charge >= 0.3 is 0 Å². The van der Waals surface area contributed by atoms with Crippen molar-refractivity contribution in [2.24, 2.45) is 5.73 Å². The molecule has 1 atom stereocenters. The zero-order chi connectivity index (χ0) is 9.97. The summed E-state index contributed by atoms with van der Waals surface area (Å²) < 4.78 is 5.04. The number of methoxy groups -OCH3 is 1. The molecule has 0 saturated heterocycles. The van der Waals surface area contributed by atoms with Gasteiger partial charge in [-0.2, -0.15) is 0 Å². The molecule has 0 bridgehead atoms. The van der Waals surface area contributed by atoms with Gasteiger partial charge in [-0.3, -0.25) is 0 Å². The number of hydrogen-bond donors (Lipinski definition) is 2. The first-order valence-corrected chi connectivity index (χ1v) is 4.63. The van der Waals surface area contributed by atoms with E-state index in [1.807, 2.05) is 24.4 Å². The Morgan fingerprint density at radius 2 is 2.21 bits per heavy atom. The fourth-order valence-corrected chi connectivity index (χ4v) is 1.67. The van der Waals surface area contributed by atoms with Gasteiger partial charge in [0, 0.05) is 24.2 Å². The zero-order valence-corrected chi connectivity index (χ0v) is 8.16. The molecule has 2 aromatic rings. The average Bonchev–Trinajstić information content (AvgIpc) is 2.61. The van der Waals surface area contributed by atoms with Crippen LogP contribution in [0.4, 0.5) is 0 Å². The van der Waals surface area contributed by atoms with E-state index in [0.29, 0.717) is 6.61 Å². The Bertz CT molecular complexity index is 422. The highest BCUT2D eigenvalue weighted by atomic mass is 16.5. The molecular formula is C11H14N2O. The average molecular weight is 190 g/mol. The second kappa shape index (κ2) is 3.82. The van der Waals surface area contributed by atoms with Gasteiger partial charge in [-0.05, 0) is 11.6 Å². The lowest BCUT2D eigenvalue weighted by Crippen LogP contribution is -2.15. The number of para-hydroxylation sites is 1. The van der Waals surface area contributed by atoms with Gasteiger partial charge in [0.1, 0.15) is 0 Å². The van der Waals surface area contributed by atoms with Crippen LogP contribution in [0.5, 0.6) is 0 Å². The van der Waals surface area contributed by atoms with E-state index in [1.54, 1.807) is 7.11 Å². The van der Waals surface area contributed by atoms with E-state index in [9.17, 15) is 0 Å². The maximum atomic E-state index is 5.97. The van der Waals surface area contributed by atoms with Crippen LogP contribution >= 0.6 is 0 Å². The maximum absolute atomic E-state index is 5.97. The minimum atomic E-state index is -0.0591. The Balaban J connectivity index is 2.42. The minimum Gasteiger partial charge on any atom is -0.383 e. The van der Waals surface area contributed by atoms with Crippen molar-refractivity contribution < 1.29 is 4.74 Å². The van der Waals surface area contributed by atoms with Crippen molar-refractivity contribution in [2.45, 2.75) is 6.04 Å². The summed E-state index contributed by atoms with van der Waals surface area (Å²) in [5.41, 5.74) is 8.20. The molecule has 0 radical (unpaired) electrons. The molecule has 1 heterocycles. The summed E-state index contributed by atoms with van der Waals surface area (Å²) in [6, 6.07) is 8.06. The molecule has 14 heavy (non-hydrogen) atoms. The van der Waals surface area contributed by atoms with Gasteiger partial charge in [-0.25, -0.2) is 0 Å². The Kier molecular flexibility index (Phi) is 2.52. The first kappa shape index (κ1) is 9.24. The number of nitrogens with two attached hydrogens (primary N) is 1. The van der Waals surface area contributed by atoms with Crippen LogP contribution in [0.3, 0.4) is 0 Å². The van der Waals surface area contributed by atoms with Gasteiger partial charge in [-0.1, -0.05) is 18.2 Å². The number of nitrogens with one attached hydrogen (secondary N) is 1. The van der Waals surface area contributed by atoms with E-state index in [4.69, 9.17) is 10.5 Å². The molecule has 0 aliphatic heterocycles. The number of ether oxygens (including phenoxy) is 1. The molecule has 0 saturated carbocycles. The molecule has 3 N–H and O–H groups in total. The molecule has 1 aromatic carbocycles. The summed E-state index contributed by atoms with van der Waals surface area (Å²) in [4.78, 5) is 3.19. The Morgan fingerprint density at radius 1 is 1.43 bits per heavy atom. The third kappa shape index (κ3) is 1.52. The van der Waals surface area contributed by atoms with Gasteiger partial charge in [0.25, 0.3) is 0 Å². The molecule has 0 fully saturated rings. The predicted molar refractivity (Wildman–Crippen MR) is 57.1 cm³/mol. The molecule has 0 aliphatic carbocycles. The second-order valence-corrected chi connectivity index (χ2v) is 3.35. The number of fused-ring (bicyclic) bond motifs is 1. The van der Waals surface area contributed by atoms with Crippen LogP contribution in [0.2, 0.25) is 0 Å². The van der Waals surface area contributed by atoms with Gasteiger partial charge in [0.2, 0.25) is 0 Å². The van der Waals surface area contributed by atoms with Crippen molar-refractivity contribution in [3.63, 3.8) is 0 Å². The molecule has 74 valence electrons. The standard InChI is InChI=1S/C11H14N2O/c1-14-7-10(12)9-6-13-11-5-3-2-4-8(9)11/h2-6,10,13H,7,12H2,1H3. The summed E-state index contributed by atoms with van der Waals surface area (Å²) in [6.07, 6.45) is 1.95. The SMILES string of the molecule is COCC(N)c1c[nH]c2ccccc12. The van der Waals surface area contributed by atoms with Crippen LogP contribution in [0, 0.1) is 0 Å². The monoisotopic (exact) mass is 190 g/mol. The smallest absolute Gasteiger partial charge is 0.0656 e. The largest absolute Gasteiger partial charge is 0.383 e. The number of H-pyrrole nitrogens is 1. The maximum Gasteiger partial charge on any atom is 0.0656 e. The summed E-state index contributed by atoms with van der Waals surface area (Å²) in [6.45, 7) is 0.543. The first-order chi connectivity index (χ1) is 6.83. The first-order valence-electron chi connectivity index (χ1n) is 4.63. The second-order valence-electron chi connectivity index (χ2n) is 3.35. The molecule has 3 heteroatoms. The van der Waals surface area contributed by atoms with Crippen LogP contribution < -0.4 is 5.73 Å². The lowest BCUT2D eigenvalue weighted by Gasteiger charge is -2.08. The lowest BCUT2D eigenvalue weighted by molar-refractivity contribution is 0.181. The Morgan fingerprint density at radius 3 is 3.00 bits per heavy atom. The van der Waals surface area contributed by atoms with E-state index in [0.717, 1.165) is 11.1 Å². The highest BCUT2D eigenvalue weighted by Gasteiger charge is 2.10. The van der Waals surface area contributed by atoms with Crippen molar-refractivity contribution >= 4 is 10.9 Å². The third-order valence-electron chi connectivity index (χ3n) is 2.37. The number of aromatic amines is 1. The highest BCUT2D eigenvalue weighted by molar-refractivity contribution is 5.83. The molecule has 0 spiro atoms. The van der Waals surface area contributed by atoms with Gasteiger partial charge < -0.3 is 15.5 Å². The van der Waals surface area contributed by atoms with Crippen LogP contribution in [-0.4, -0.2) is 18.7 Å². The summed E-state index contributed by atoms with van der Waals surface area (Å²) in [5.74, 6) is 0. The number of hydrogen-bond acceptors (Lipinski definition) is 2. The summed E-state index contributed by atoms with van der Waals surface area (Å²) in [5, 5.41) is 1.18. The third-order valence-corrected chi connectivity index (χ3v) is 2.37. The zero-order valence-electron chi connectivity index (χ0n) is 8.16. The fourth-order valence-electron chi connectivity index (χ4n) is 1.67. The summed E-state index contributed by atoms with van der Waals surface area (Å²) >= 11 is 0. The van der Waals surface area contributed by atoms with Crippen LogP contribution in [0.15, 0.2) is 30.5 Å². The molecule has 1 unspecified atom stereocenters. The van der Waals surface area contributed by atoms with E-state index in [2.05, 4.69) is 11.1 Å². The molecule has 0 amide bonds. The van der Waals surface area contributed by atoms with E-state index in [1.165, 1.54) is 5.39 Å². The van der Waals surface area contributed by atoms with Gasteiger partial charge in [-0.15, -0.1) is 0 Å². The summed E-state index contributed by atoms with van der Waals surface area (Å²) in [7, 11) is 1.66. The van der Waals surface area contributed by atoms with Crippen molar-refractivity contribution in [2.75, 3.05) is 13.7 Å². The van der Waals surface area contributed by atoms with Crippen LogP contribution in [0.1, 0.15) is 11.6 Å². The number of benzene rings is 1. The van der Waals surface area contributed by atoms with Crippen molar-refractivity contribution in [1.82, 2.24) is 4.98 Å². The van der Waals surface area contributed by atoms with Crippen molar-refractivity contribution in [3.8, 4) is 0 Å².